The normalized spacial score (nSPS) is 15.8. The molecule has 0 saturated carbocycles. The molecule has 4 aromatic carbocycles. The summed E-state index contributed by atoms with van der Waals surface area (Å²) in [5.74, 6) is 0. The fourth-order valence-electron chi connectivity index (χ4n) is 5.49. The third-order valence-electron chi connectivity index (χ3n) is 7.23. The average molecular weight is 435 g/mol. The van der Waals surface area contributed by atoms with Gasteiger partial charge in [-0.1, -0.05) is 133 Å². The zero-order valence-electron chi connectivity index (χ0n) is 19.2. The molecule has 0 nitrogen and oxygen atoms in total. The van der Waals surface area contributed by atoms with Crippen molar-refractivity contribution in [1.29, 1.82) is 0 Å². The number of rotatable bonds is 0. The fourth-order valence-corrected chi connectivity index (χ4v) is 13.3. The van der Waals surface area contributed by atoms with E-state index in [1.165, 1.54) is 33.0 Å². The van der Waals surface area contributed by atoms with Gasteiger partial charge >= 0.3 is 0 Å². The molecule has 0 N–H and O–H groups in total. The minimum atomic E-state index is -1.94. The molecule has 1 aliphatic heterocycles. The van der Waals surface area contributed by atoms with Crippen LogP contribution in [0.5, 0.6) is 0 Å². The zero-order chi connectivity index (χ0) is 21.8. The Labute approximate surface area is 188 Å². The molecule has 31 heavy (non-hydrogen) atoms. The summed E-state index contributed by atoms with van der Waals surface area (Å²) in [4.78, 5) is 0. The zero-order valence-corrected chi connectivity index (χ0v) is 21.2. The molecule has 1 heterocycles. The van der Waals surface area contributed by atoms with Gasteiger partial charge in [-0.25, -0.2) is 0 Å². The van der Waals surface area contributed by atoms with Crippen LogP contribution < -0.4 is 20.7 Å². The molecule has 0 aromatic heterocycles. The lowest BCUT2D eigenvalue weighted by molar-refractivity contribution is 1.49. The summed E-state index contributed by atoms with van der Waals surface area (Å²) < 4.78 is 0. The molecule has 2 heteroatoms. The maximum absolute atomic E-state index is 2.55. The second-order valence-electron chi connectivity index (χ2n) is 9.94. The third kappa shape index (κ3) is 3.09. The van der Waals surface area contributed by atoms with Gasteiger partial charge < -0.3 is 0 Å². The second-order valence-corrected chi connectivity index (χ2v) is 18.6. The maximum atomic E-state index is 2.55. The van der Waals surface area contributed by atoms with Crippen LogP contribution in [0.1, 0.15) is 5.56 Å². The summed E-state index contributed by atoms with van der Waals surface area (Å²) in [6.45, 7) is 12.4. The molecular formula is C29H30Si2. The summed E-state index contributed by atoms with van der Waals surface area (Å²) in [5.41, 5.74) is 6.90. The summed E-state index contributed by atoms with van der Waals surface area (Å²) in [7, 11) is -3.88. The molecule has 0 bridgehead atoms. The Kier molecular flexibility index (Phi) is 4.69. The lowest BCUT2D eigenvalue weighted by Gasteiger charge is -2.37. The van der Waals surface area contributed by atoms with Crippen LogP contribution >= 0.6 is 0 Å². The first-order valence-electron chi connectivity index (χ1n) is 11.2. The SMILES string of the molecule is Cc1ccc2c(c1)[Si](C)(C)c1ccccc1-c1ccccc1-c1ccccc1[Si]2(C)C. The highest BCUT2D eigenvalue weighted by Gasteiger charge is 2.39. The van der Waals surface area contributed by atoms with Crippen molar-refractivity contribution in [1.82, 2.24) is 0 Å². The highest BCUT2D eigenvalue weighted by Crippen LogP contribution is 2.33. The molecule has 0 radical (unpaired) electrons. The van der Waals surface area contributed by atoms with Crippen LogP contribution in [0.25, 0.3) is 22.3 Å². The molecule has 0 spiro atoms. The van der Waals surface area contributed by atoms with Crippen LogP contribution in [-0.2, 0) is 0 Å². The van der Waals surface area contributed by atoms with E-state index in [9.17, 15) is 0 Å². The topological polar surface area (TPSA) is 0 Å². The van der Waals surface area contributed by atoms with E-state index in [0.29, 0.717) is 0 Å². The molecule has 0 amide bonds. The quantitative estimate of drug-likeness (QED) is 0.330. The molecule has 5 rings (SSSR count). The predicted molar refractivity (Wildman–Crippen MR) is 142 cm³/mol. The molecule has 1 aliphatic rings. The van der Waals surface area contributed by atoms with Gasteiger partial charge in [-0.2, -0.15) is 0 Å². The second kappa shape index (κ2) is 7.18. The first kappa shape index (κ1) is 20.2. The Bertz CT molecular complexity index is 1300. The van der Waals surface area contributed by atoms with Gasteiger partial charge in [0.25, 0.3) is 0 Å². The standard InChI is InChI=1S/C29H30Si2/c1-21-18-19-28-29(20-21)31(4,5)27-17-11-9-15-25(27)23-13-7-6-12-22(23)24-14-8-10-16-26(24)30(28,2)3/h6-20H,1-5H3. The molecule has 4 aromatic rings. The number of fused-ring (bicyclic) bond motifs is 6. The lowest BCUT2D eigenvalue weighted by Crippen LogP contribution is -2.67. The van der Waals surface area contributed by atoms with Crippen molar-refractivity contribution in [3.05, 3.63) is 96.6 Å². The van der Waals surface area contributed by atoms with Crippen molar-refractivity contribution in [3.63, 3.8) is 0 Å². The lowest BCUT2D eigenvalue weighted by atomic mass is 9.94. The smallest absolute Gasteiger partial charge is 0.0624 e. The Morgan fingerprint density at radius 1 is 0.419 bits per heavy atom. The van der Waals surface area contributed by atoms with E-state index < -0.39 is 16.1 Å². The first-order valence-corrected chi connectivity index (χ1v) is 17.2. The molecule has 154 valence electrons. The van der Waals surface area contributed by atoms with Gasteiger partial charge in [0, 0.05) is 0 Å². The van der Waals surface area contributed by atoms with Gasteiger partial charge in [0.15, 0.2) is 0 Å². The average Bonchev–Trinajstić information content (AvgIpc) is 2.78. The van der Waals surface area contributed by atoms with Crippen LogP contribution in [0, 0.1) is 6.92 Å². The number of aryl methyl sites for hydroxylation is 1. The van der Waals surface area contributed by atoms with Gasteiger partial charge in [0.05, 0.1) is 0 Å². The van der Waals surface area contributed by atoms with E-state index in [4.69, 9.17) is 0 Å². The molecule has 0 saturated heterocycles. The summed E-state index contributed by atoms with van der Waals surface area (Å²) >= 11 is 0. The van der Waals surface area contributed by atoms with Gasteiger partial charge in [0.1, 0.15) is 16.1 Å². The van der Waals surface area contributed by atoms with Crippen LogP contribution in [0.15, 0.2) is 91.0 Å². The van der Waals surface area contributed by atoms with Crippen molar-refractivity contribution in [2.24, 2.45) is 0 Å². The van der Waals surface area contributed by atoms with Crippen LogP contribution in [-0.4, -0.2) is 16.1 Å². The van der Waals surface area contributed by atoms with Gasteiger partial charge in [0.2, 0.25) is 0 Å². The Morgan fingerprint density at radius 3 is 1.35 bits per heavy atom. The van der Waals surface area contributed by atoms with Crippen molar-refractivity contribution in [3.8, 4) is 22.3 Å². The van der Waals surface area contributed by atoms with Crippen LogP contribution in [0.4, 0.5) is 0 Å². The molecular weight excluding hydrogens is 404 g/mol. The third-order valence-corrected chi connectivity index (χ3v) is 14.6. The van der Waals surface area contributed by atoms with E-state index in [0.717, 1.165) is 0 Å². The summed E-state index contributed by atoms with van der Waals surface area (Å²) in [6.07, 6.45) is 0. The van der Waals surface area contributed by atoms with Gasteiger partial charge in [-0.15, -0.1) is 0 Å². The monoisotopic (exact) mass is 434 g/mol. The Balaban J connectivity index is 2.01. The predicted octanol–water partition coefficient (Wildman–Crippen LogP) is 5.29. The fraction of sp³-hybridized carbons (Fsp3) is 0.172. The van der Waals surface area contributed by atoms with Crippen LogP contribution in [0.2, 0.25) is 26.2 Å². The van der Waals surface area contributed by atoms with E-state index >= 15 is 0 Å². The maximum Gasteiger partial charge on any atom is 0.112 e. The van der Waals surface area contributed by atoms with Crippen molar-refractivity contribution in [2.75, 3.05) is 0 Å². The molecule has 0 unspecified atom stereocenters. The molecule has 0 aliphatic carbocycles. The molecule has 0 atom stereocenters. The van der Waals surface area contributed by atoms with Crippen molar-refractivity contribution < 1.29 is 0 Å². The first-order chi connectivity index (χ1) is 14.8. The van der Waals surface area contributed by atoms with Gasteiger partial charge in [-0.05, 0) is 39.6 Å². The number of benzene rings is 4. The van der Waals surface area contributed by atoms with E-state index in [-0.39, 0.29) is 0 Å². The van der Waals surface area contributed by atoms with E-state index in [2.05, 4.69) is 124 Å². The molecule has 0 fully saturated rings. The minimum Gasteiger partial charge on any atom is -0.0624 e. The Hall–Kier alpha value is -2.69. The summed E-state index contributed by atoms with van der Waals surface area (Å²) in [6, 6.07) is 34.6. The van der Waals surface area contributed by atoms with Crippen molar-refractivity contribution in [2.45, 2.75) is 33.1 Å². The highest BCUT2D eigenvalue weighted by molar-refractivity contribution is 7.09. The number of hydrogen-bond donors (Lipinski definition) is 0. The minimum absolute atomic E-state index is 1.37. The highest BCUT2D eigenvalue weighted by atomic mass is 28.3. The van der Waals surface area contributed by atoms with E-state index in [1.54, 1.807) is 15.6 Å². The Morgan fingerprint density at radius 2 is 0.839 bits per heavy atom. The van der Waals surface area contributed by atoms with Gasteiger partial charge in [-0.3, -0.25) is 0 Å². The largest absolute Gasteiger partial charge is 0.112 e. The van der Waals surface area contributed by atoms with Crippen molar-refractivity contribution >= 4 is 36.9 Å². The van der Waals surface area contributed by atoms with Crippen LogP contribution in [0.3, 0.4) is 0 Å². The number of hydrogen-bond acceptors (Lipinski definition) is 0. The van der Waals surface area contributed by atoms with E-state index in [1.807, 2.05) is 0 Å². The summed E-state index contributed by atoms with van der Waals surface area (Å²) in [5, 5.41) is 6.30.